The second-order valence-electron chi connectivity index (χ2n) is 1.91. The zero-order chi connectivity index (χ0) is 8.97. The smallest absolute Gasteiger partial charge is 0.186 e. The average Bonchev–Trinajstić information content (AvgIpc) is 2.05. The molecule has 0 aliphatic rings. The highest BCUT2D eigenvalue weighted by atomic mass is 32.2. The van der Waals surface area contributed by atoms with Gasteiger partial charge in [-0.3, -0.25) is 0 Å². The van der Waals surface area contributed by atoms with Gasteiger partial charge in [-0.1, -0.05) is 23.3 Å². The molecule has 0 aliphatic carbocycles. The van der Waals surface area contributed by atoms with Crippen LogP contribution in [-0.2, 0) is 11.1 Å². The molecular formula is C6H5N3O2S. The molecule has 1 atom stereocenters. The van der Waals surface area contributed by atoms with Crippen molar-refractivity contribution in [3.05, 3.63) is 34.7 Å². The summed E-state index contributed by atoms with van der Waals surface area (Å²) in [4.78, 5) is 2.65. The number of hydrogen-bond donors (Lipinski definition) is 1. The van der Waals surface area contributed by atoms with E-state index < -0.39 is 11.1 Å². The van der Waals surface area contributed by atoms with E-state index in [0.29, 0.717) is 0 Å². The molecule has 0 spiro atoms. The van der Waals surface area contributed by atoms with Crippen LogP contribution in [-0.4, -0.2) is 8.76 Å². The van der Waals surface area contributed by atoms with Gasteiger partial charge in [-0.15, -0.1) is 0 Å². The van der Waals surface area contributed by atoms with Gasteiger partial charge in [0.15, 0.2) is 11.1 Å². The predicted molar refractivity (Wildman–Crippen MR) is 44.3 cm³/mol. The molecule has 0 aromatic heterocycles. The second kappa shape index (κ2) is 3.87. The molecule has 5 nitrogen and oxygen atoms in total. The third kappa shape index (κ3) is 1.82. The van der Waals surface area contributed by atoms with Crippen LogP contribution in [0.25, 0.3) is 10.4 Å². The van der Waals surface area contributed by atoms with Gasteiger partial charge in [0.1, 0.15) is 0 Å². The first kappa shape index (κ1) is 8.73. The summed E-state index contributed by atoms with van der Waals surface area (Å²) in [5.41, 5.74) is 8.28. The molecule has 0 bridgehead atoms. The van der Waals surface area contributed by atoms with Crippen LogP contribution in [0.4, 0.5) is 5.69 Å². The molecule has 0 radical (unpaired) electrons. The fourth-order valence-electron chi connectivity index (χ4n) is 0.736. The average molecular weight is 183 g/mol. The van der Waals surface area contributed by atoms with Crippen molar-refractivity contribution in [2.24, 2.45) is 5.11 Å². The third-order valence-corrected chi connectivity index (χ3v) is 1.93. The van der Waals surface area contributed by atoms with Crippen LogP contribution in [0, 0.1) is 0 Å². The zero-order valence-corrected chi connectivity index (χ0v) is 6.73. The Bertz CT molecular complexity index is 339. The molecule has 1 N–H and O–H groups in total. The summed E-state index contributed by atoms with van der Waals surface area (Å²) in [6.45, 7) is 0. The number of nitrogens with zero attached hydrogens (tertiary/aromatic N) is 3. The number of rotatable bonds is 2. The maximum atomic E-state index is 10.6. The van der Waals surface area contributed by atoms with Crippen molar-refractivity contribution in [2.45, 2.75) is 4.90 Å². The summed E-state index contributed by atoms with van der Waals surface area (Å²) < 4.78 is 19.3. The number of hydrogen-bond acceptors (Lipinski definition) is 2. The van der Waals surface area contributed by atoms with E-state index in [1.165, 1.54) is 12.1 Å². The predicted octanol–water partition coefficient (Wildman–Crippen LogP) is 2.21. The van der Waals surface area contributed by atoms with Crippen molar-refractivity contribution >= 4 is 16.8 Å². The Balaban J connectivity index is 3.26. The topological polar surface area (TPSA) is 86.1 Å². The first-order chi connectivity index (χ1) is 5.75. The molecule has 62 valence electrons. The van der Waals surface area contributed by atoms with Crippen molar-refractivity contribution < 1.29 is 8.76 Å². The standard InChI is InChI=1S/C6H5N3O2S/c7-9-8-5-3-1-2-4-6(5)12(10)11/h1-4H,(H,10,11). The minimum atomic E-state index is -2.11. The molecule has 0 amide bonds. The Labute approximate surface area is 70.9 Å². The van der Waals surface area contributed by atoms with E-state index in [1.807, 2.05) is 0 Å². The molecular weight excluding hydrogens is 178 g/mol. The van der Waals surface area contributed by atoms with Crippen LogP contribution in [0.5, 0.6) is 0 Å². The first-order valence-corrected chi connectivity index (χ1v) is 4.11. The number of benzene rings is 1. The molecule has 12 heavy (non-hydrogen) atoms. The maximum absolute atomic E-state index is 10.6. The minimum absolute atomic E-state index is 0.121. The molecule has 0 saturated carbocycles. The summed E-state index contributed by atoms with van der Waals surface area (Å²) in [5, 5.41) is 3.26. The van der Waals surface area contributed by atoms with Gasteiger partial charge in [-0.25, -0.2) is 4.21 Å². The van der Waals surface area contributed by atoms with E-state index >= 15 is 0 Å². The summed E-state index contributed by atoms with van der Waals surface area (Å²) in [6, 6.07) is 6.13. The van der Waals surface area contributed by atoms with Crippen LogP contribution < -0.4 is 0 Å². The summed E-state index contributed by atoms with van der Waals surface area (Å²) in [5.74, 6) is 0. The highest BCUT2D eigenvalue weighted by Crippen LogP contribution is 2.20. The highest BCUT2D eigenvalue weighted by Gasteiger charge is 2.03. The highest BCUT2D eigenvalue weighted by molar-refractivity contribution is 7.79. The van der Waals surface area contributed by atoms with E-state index in [4.69, 9.17) is 10.1 Å². The number of azide groups is 1. The van der Waals surface area contributed by atoms with Crippen molar-refractivity contribution in [2.75, 3.05) is 0 Å². The monoisotopic (exact) mass is 183 g/mol. The lowest BCUT2D eigenvalue weighted by Gasteiger charge is -1.97. The van der Waals surface area contributed by atoms with Gasteiger partial charge in [0.2, 0.25) is 0 Å². The van der Waals surface area contributed by atoms with Gasteiger partial charge >= 0.3 is 0 Å². The molecule has 1 aromatic carbocycles. The fraction of sp³-hybridized carbons (Fsp3) is 0. The zero-order valence-electron chi connectivity index (χ0n) is 5.91. The lowest BCUT2D eigenvalue weighted by molar-refractivity contribution is 0.564. The Morgan fingerprint density at radius 2 is 2.17 bits per heavy atom. The van der Waals surface area contributed by atoms with E-state index in [-0.39, 0.29) is 10.6 Å². The lowest BCUT2D eigenvalue weighted by atomic mass is 10.3. The molecule has 0 aliphatic heterocycles. The lowest BCUT2D eigenvalue weighted by Crippen LogP contribution is -1.87. The fourth-order valence-corrected chi connectivity index (χ4v) is 1.22. The Kier molecular flexibility index (Phi) is 2.82. The van der Waals surface area contributed by atoms with Crippen LogP contribution in [0.2, 0.25) is 0 Å². The quantitative estimate of drug-likeness (QED) is 0.330. The van der Waals surface area contributed by atoms with Crippen molar-refractivity contribution in [3.63, 3.8) is 0 Å². The van der Waals surface area contributed by atoms with E-state index in [1.54, 1.807) is 12.1 Å². The minimum Gasteiger partial charge on any atom is -0.302 e. The van der Waals surface area contributed by atoms with E-state index in [9.17, 15) is 4.21 Å². The second-order valence-corrected chi connectivity index (χ2v) is 2.84. The molecule has 1 rings (SSSR count). The first-order valence-electron chi connectivity index (χ1n) is 3.00. The molecule has 6 heteroatoms. The molecule has 0 fully saturated rings. The van der Waals surface area contributed by atoms with Gasteiger partial charge in [0, 0.05) is 4.91 Å². The Morgan fingerprint density at radius 3 is 2.75 bits per heavy atom. The summed E-state index contributed by atoms with van der Waals surface area (Å²) >= 11 is -2.11. The van der Waals surface area contributed by atoms with Gasteiger partial charge in [-0.05, 0) is 11.6 Å². The molecule has 0 saturated heterocycles. The van der Waals surface area contributed by atoms with Crippen LogP contribution in [0.1, 0.15) is 0 Å². The van der Waals surface area contributed by atoms with Gasteiger partial charge < -0.3 is 4.55 Å². The Morgan fingerprint density at radius 1 is 1.50 bits per heavy atom. The van der Waals surface area contributed by atoms with Crippen molar-refractivity contribution in [1.82, 2.24) is 0 Å². The van der Waals surface area contributed by atoms with E-state index in [0.717, 1.165) is 0 Å². The third-order valence-electron chi connectivity index (χ3n) is 1.21. The summed E-state index contributed by atoms with van der Waals surface area (Å²) in [6.07, 6.45) is 0. The summed E-state index contributed by atoms with van der Waals surface area (Å²) in [7, 11) is 0. The van der Waals surface area contributed by atoms with Crippen LogP contribution in [0.15, 0.2) is 34.3 Å². The van der Waals surface area contributed by atoms with Crippen LogP contribution >= 0.6 is 0 Å². The maximum Gasteiger partial charge on any atom is 0.186 e. The van der Waals surface area contributed by atoms with Gasteiger partial charge in [0.25, 0.3) is 0 Å². The van der Waals surface area contributed by atoms with E-state index in [2.05, 4.69) is 10.0 Å². The van der Waals surface area contributed by atoms with Gasteiger partial charge in [0.05, 0.1) is 10.6 Å². The normalized spacial score (nSPS) is 11.8. The van der Waals surface area contributed by atoms with Gasteiger partial charge in [-0.2, -0.15) is 0 Å². The molecule has 1 aromatic rings. The van der Waals surface area contributed by atoms with Crippen molar-refractivity contribution in [3.8, 4) is 0 Å². The molecule has 1 unspecified atom stereocenters. The molecule has 0 heterocycles. The van der Waals surface area contributed by atoms with Crippen molar-refractivity contribution in [1.29, 1.82) is 0 Å². The van der Waals surface area contributed by atoms with Crippen LogP contribution in [0.3, 0.4) is 0 Å². The largest absolute Gasteiger partial charge is 0.302 e. The SMILES string of the molecule is [N-]=[N+]=Nc1ccccc1S(=O)O. The Hall–Kier alpha value is -1.36.